The van der Waals surface area contributed by atoms with Crippen molar-refractivity contribution in [3.63, 3.8) is 0 Å². The highest BCUT2D eigenvalue weighted by atomic mass is 19.4. The highest BCUT2D eigenvalue weighted by Gasteiger charge is 2.34. The van der Waals surface area contributed by atoms with Gasteiger partial charge in [-0.2, -0.15) is 18.3 Å². The average Bonchev–Trinajstić information content (AvgIpc) is 3.01. The Kier molecular flexibility index (Phi) is 3.13. The Labute approximate surface area is 116 Å². The minimum absolute atomic E-state index is 0.0393. The van der Waals surface area contributed by atoms with Crippen molar-refractivity contribution >= 4 is 0 Å². The van der Waals surface area contributed by atoms with Gasteiger partial charge in [0.1, 0.15) is 5.69 Å². The van der Waals surface area contributed by atoms with Crippen LogP contribution in [0.4, 0.5) is 13.2 Å². The number of alkyl halides is 3. The smallest absolute Gasteiger partial charge is 0.276 e. The van der Waals surface area contributed by atoms with E-state index in [1.54, 1.807) is 12.1 Å². The van der Waals surface area contributed by atoms with Gasteiger partial charge in [0.2, 0.25) is 0 Å². The van der Waals surface area contributed by atoms with Gasteiger partial charge >= 0.3 is 6.18 Å². The summed E-state index contributed by atoms with van der Waals surface area (Å²) in [6.45, 7) is 0. The molecule has 0 aliphatic rings. The van der Waals surface area contributed by atoms with Crippen molar-refractivity contribution in [3.05, 3.63) is 48.5 Å². The predicted octanol–water partition coefficient (Wildman–Crippen LogP) is 2.95. The summed E-state index contributed by atoms with van der Waals surface area (Å²) < 4.78 is 38.9. The van der Waals surface area contributed by atoms with E-state index < -0.39 is 11.9 Å². The summed E-state index contributed by atoms with van der Waals surface area (Å²) in [6, 6.07) is 5.62. The summed E-state index contributed by atoms with van der Waals surface area (Å²) in [7, 11) is 0. The molecule has 3 aromatic rings. The van der Waals surface area contributed by atoms with E-state index in [2.05, 4.69) is 25.1 Å². The van der Waals surface area contributed by atoms with Crippen LogP contribution < -0.4 is 0 Å². The normalized spacial score (nSPS) is 11.6. The van der Waals surface area contributed by atoms with Gasteiger partial charge in [-0.1, -0.05) is 0 Å². The molecule has 21 heavy (non-hydrogen) atoms. The lowest BCUT2D eigenvalue weighted by molar-refractivity contribution is -0.141. The largest absolute Gasteiger partial charge is 0.433 e. The Morgan fingerprint density at radius 3 is 2.52 bits per heavy atom. The third-order valence-electron chi connectivity index (χ3n) is 2.71. The second-order valence-electron chi connectivity index (χ2n) is 4.17. The molecule has 3 rings (SSSR count). The van der Waals surface area contributed by atoms with Gasteiger partial charge in [-0.3, -0.25) is 10.1 Å². The van der Waals surface area contributed by atoms with Crippen LogP contribution in [0.3, 0.4) is 0 Å². The molecule has 0 atom stereocenters. The van der Waals surface area contributed by atoms with Gasteiger partial charge in [-0.25, -0.2) is 9.97 Å². The molecular weight excluding hydrogens is 283 g/mol. The number of hydrogen-bond acceptors (Lipinski definition) is 4. The van der Waals surface area contributed by atoms with Crippen molar-refractivity contribution in [1.29, 1.82) is 0 Å². The number of hydrogen-bond donors (Lipinski definition) is 1. The Hall–Kier alpha value is -2.77. The molecule has 0 radical (unpaired) electrons. The number of nitrogens with one attached hydrogen (secondary N) is 1. The minimum Gasteiger partial charge on any atom is -0.276 e. The molecule has 0 spiro atoms. The van der Waals surface area contributed by atoms with Gasteiger partial charge in [0.15, 0.2) is 5.82 Å². The number of aromatic nitrogens is 5. The molecule has 0 aromatic carbocycles. The van der Waals surface area contributed by atoms with Crippen LogP contribution in [-0.2, 0) is 6.18 Å². The highest BCUT2D eigenvalue weighted by molar-refractivity contribution is 5.61. The van der Waals surface area contributed by atoms with Crippen molar-refractivity contribution in [3.8, 4) is 22.8 Å². The average molecular weight is 291 g/mol. The zero-order chi connectivity index (χ0) is 14.9. The molecule has 1 N–H and O–H groups in total. The third-order valence-corrected chi connectivity index (χ3v) is 2.71. The van der Waals surface area contributed by atoms with Crippen molar-refractivity contribution in [2.24, 2.45) is 0 Å². The van der Waals surface area contributed by atoms with Crippen molar-refractivity contribution < 1.29 is 13.2 Å². The van der Waals surface area contributed by atoms with Gasteiger partial charge in [-0.05, 0) is 24.3 Å². The summed E-state index contributed by atoms with van der Waals surface area (Å²) in [5.74, 6) is -0.0393. The maximum absolute atomic E-state index is 13.0. The van der Waals surface area contributed by atoms with E-state index in [-0.39, 0.29) is 11.5 Å². The first-order valence-corrected chi connectivity index (χ1v) is 5.90. The predicted molar refractivity (Wildman–Crippen MR) is 67.8 cm³/mol. The van der Waals surface area contributed by atoms with E-state index in [0.717, 1.165) is 6.07 Å². The maximum Gasteiger partial charge on any atom is 0.433 e. The second-order valence-corrected chi connectivity index (χ2v) is 4.17. The van der Waals surface area contributed by atoms with E-state index in [1.807, 2.05) is 0 Å². The molecule has 0 unspecified atom stereocenters. The molecule has 3 heterocycles. The van der Waals surface area contributed by atoms with Crippen LogP contribution in [0.2, 0.25) is 0 Å². The van der Waals surface area contributed by atoms with Crippen LogP contribution >= 0.6 is 0 Å². The highest BCUT2D eigenvalue weighted by Crippen LogP contribution is 2.31. The van der Waals surface area contributed by atoms with E-state index in [0.29, 0.717) is 11.3 Å². The molecule has 3 aromatic heterocycles. The summed E-state index contributed by atoms with van der Waals surface area (Å²) in [5, 5.41) is 6.30. The first-order chi connectivity index (χ1) is 10.0. The number of pyridine rings is 1. The van der Waals surface area contributed by atoms with Gasteiger partial charge in [0.05, 0.1) is 11.4 Å². The van der Waals surface area contributed by atoms with E-state index in [9.17, 15) is 13.2 Å². The molecule has 0 fully saturated rings. The fourth-order valence-corrected chi connectivity index (χ4v) is 1.75. The van der Waals surface area contributed by atoms with Gasteiger partial charge in [0.25, 0.3) is 0 Å². The molecule has 0 bridgehead atoms. The lowest BCUT2D eigenvalue weighted by atomic mass is 10.2. The number of aromatic amines is 1. The Balaban J connectivity index is 2.19. The monoisotopic (exact) mass is 291 g/mol. The Bertz CT molecular complexity index is 738. The molecule has 5 nitrogen and oxygen atoms in total. The number of nitrogens with zero attached hydrogens (tertiary/aromatic N) is 4. The summed E-state index contributed by atoms with van der Waals surface area (Å²) in [5.41, 5.74) is -0.105. The van der Waals surface area contributed by atoms with Crippen LogP contribution in [0.25, 0.3) is 22.8 Å². The minimum atomic E-state index is -4.56. The number of rotatable bonds is 2. The molecule has 0 saturated carbocycles. The fraction of sp³-hybridized carbons (Fsp3) is 0.0769. The quantitative estimate of drug-likeness (QED) is 0.788. The standard InChI is InChI=1S/C13H8F3N5/c14-13(15,16)11-6-10(9-3-5-18-21-9)19-12(20-11)8-2-1-4-17-7-8/h1-7H,(H,18,21). The molecule has 0 amide bonds. The molecular formula is C13H8F3N5. The molecule has 0 aliphatic carbocycles. The van der Waals surface area contributed by atoms with E-state index in [4.69, 9.17) is 0 Å². The SMILES string of the molecule is FC(F)(F)c1cc(-c2ccn[nH]2)nc(-c2cccnc2)n1. The fourth-order valence-electron chi connectivity index (χ4n) is 1.75. The third kappa shape index (κ3) is 2.73. The zero-order valence-electron chi connectivity index (χ0n) is 10.5. The van der Waals surface area contributed by atoms with Crippen LogP contribution in [0.1, 0.15) is 5.69 Å². The van der Waals surface area contributed by atoms with Crippen LogP contribution in [0.5, 0.6) is 0 Å². The van der Waals surface area contributed by atoms with Gasteiger partial charge in [-0.15, -0.1) is 0 Å². The van der Waals surface area contributed by atoms with Gasteiger partial charge < -0.3 is 0 Å². The molecule has 106 valence electrons. The Morgan fingerprint density at radius 1 is 1.05 bits per heavy atom. The van der Waals surface area contributed by atoms with Crippen LogP contribution in [0.15, 0.2) is 42.9 Å². The number of H-pyrrole nitrogens is 1. The maximum atomic E-state index is 13.0. The number of halogens is 3. The molecule has 0 aliphatic heterocycles. The summed E-state index contributed by atoms with van der Waals surface area (Å²) >= 11 is 0. The van der Waals surface area contributed by atoms with E-state index >= 15 is 0 Å². The Morgan fingerprint density at radius 2 is 1.90 bits per heavy atom. The molecule has 8 heteroatoms. The zero-order valence-corrected chi connectivity index (χ0v) is 10.5. The molecule has 0 saturated heterocycles. The lowest BCUT2D eigenvalue weighted by Gasteiger charge is -2.09. The van der Waals surface area contributed by atoms with Crippen LogP contribution in [0, 0.1) is 0 Å². The first-order valence-electron chi connectivity index (χ1n) is 5.90. The van der Waals surface area contributed by atoms with Crippen molar-refractivity contribution in [2.75, 3.05) is 0 Å². The van der Waals surface area contributed by atoms with Crippen molar-refractivity contribution in [2.45, 2.75) is 6.18 Å². The van der Waals surface area contributed by atoms with Gasteiger partial charge in [0, 0.05) is 24.2 Å². The second kappa shape index (κ2) is 4.97. The first kappa shape index (κ1) is 13.2. The summed E-state index contributed by atoms with van der Waals surface area (Å²) in [6.07, 6.45) is -0.192. The lowest BCUT2D eigenvalue weighted by Crippen LogP contribution is -2.10. The van der Waals surface area contributed by atoms with Crippen molar-refractivity contribution in [1.82, 2.24) is 25.1 Å². The van der Waals surface area contributed by atoms with E-state index in [1.165, 1.54) is 24.7 Å². The topological polar surface area (TPSA) is 67.3 Å². The summed E-state index contributed by atoms with van der Waals surface area (Å²) in [4.78, 5) is 11.6. The van der Waals surface area contributed by atoms with Crippen LogP contribution in [-0.4, -0.2) is 25.1 Å².